The molecular weight excluding hydrogens is 437 g/mol. The minimum Gasteiger partial charge on any atom is -0.393 e. The van der Waals surface area contributed by atoms with Gasteiger partial charge in [0.2, 0.25) is 0 Å². The van der Waals surface area contributed by atoms with Gasteiger partial charge in [-0.3, -0.25) is 9.59 Å². The molecule has 3 aromatic rings. The Kier molecular flexibility index (Phi) is 7.79. The van der Waals surface area contributed by atoms with Crippen LogP contribution in [-0.2, 0) is 9.59 Å². The Morgan fingerprint density at radius 1 is 1.00 bits per heavy atom. The Morgan fingerprint density at radius 3 is 2.27 bits per heavy atom. The molecule has 1 atom stereocenters. The molecule has 4 rings (SSSR count). The first kappa shape index (κ1) is 23.9. The van der Waals surface area contributed by atoms with Gasteiger partial charge in [-0.25, -0.2) is 4.39 Å². The zero-order chi connectivity index (χ0) is 24.0. The highest BCUT2D eigenvalue weighted by molar-refractivity contribution is 8.28. The molecule has 0 spiro atoms. The molecule has 3 aromatic carbocycles. The van der Waals surface area contributed by atoms with Crippen LogP contribution in [0.15, 0.2) is 89.6 Å². The van der Waals surface area contributed by atoms with E-state index in [4.69, 9.17) is 5.73 Å². The smallest absolute Gasteiger partial charge is 0.273 e. The van der Waals surface area contributed by atoms with Crippen molar-refractivity contribution < 1.29 is 14.0 Å². The number of nitrogens with two attached hydrogens (primary N) is 1. The number of carbonyl (C=O) groups is 2. The highest BCUT2D eigenvalue weighted by Gasteiger charge is 2.29. The van der Waals surface area contributed by atoms with Gasteiger partial charge in [0.15, 0.2) is 5.62 Å². The molecule has 1 aliphatic heterocycles. The Balaban J connectivity index is 0.00000149. The van der Waals surface area contributed by atoms with E-state index < -0.39 is 22.2 Å². The zero-order valence-corrected chi connectivity index (χ0v) is 19.5. The number of hydrogen-bond acceptors (Lipinski definition) is 4. The van der Waals surface area contributed by atoms with E-state index in [9.17, 15) is 14.0 Å². The summed E-state index contributed by atoms with van der Waals surface area (Å²) in [5.41, 5.74) is 10.2. The van der Waals surface area contributed by atoms with Crippen LogP contribution in [0.1, 0.15) is 25.0 Å². The molecule has 1 amide bonds. The van der Waals surface area contributed by atoms with Crippen LogP contribution in [0.5, 0.6) is 0 Å². The summed E-state index contributed by atoms with van der Waals surface area (Å²) in [4.78, 5) is 28.0. The summed E-state index contributed by atoms with van der Waals surface area (Å²) in [6, 6.07) is 20.8. The maximum absolute atomic E-state index is 13.1. The summed E-state index contributed by atoms with van der Waals surface area (Å²) in [6.07, 6.45) is 1.53. The Labute approximate surface area is 195 Å². The van der Waals surface area contributed by atoms with Crippen LogP contribution in [0.2, 0.25) is 0 Å². The van der Waals surface area contributed by atoms with Crippen LogP contribution in [0.4, 0.5) is 15.8 Å². The van der Waals surface area contributed by atoms with Gasteiger partial charge >= 0.3 is 0 Å². The number of nitrogens with zero attached hydrogens (tertiary/aromatic N) is 1. The number of hydrogen-bond donors (Lipinski definition) is 2. The van der Waals surface area contributed by atoms with Gasteiger partial charge in [0, 0.05) is 28.0 Å². The number of rotatable bonds is 5. The molecule has 0 bridgehead atoms. The number of anilines is 2. The first-order valence-corrected chi connectivity index (χ1v) is 11.8. The number of carbonyl (C=O) groups excluding carboxylic acids is 2. The third-order valence-electron chi connectivity index (χ3n) is 4.82. The minimum atomic E-state index is -0.734. The average molecular weight is 464 g/mol. The lowest BCUT2D eigenvalue weighted by Crippen LogP contribution is -2.34. The minimum absolute atomic E-state index is 0.0452. The highest BCUT2D eigenvalue weighted by atomic mass is 32.2. The van der Waals surface area contributed by atoms with Crippen LogP contribution >= 0.6 is 10.5 Å². The number of aryl methyl sites for hydroxylation is 1. The molecule has 1 aliphatic rings. The quantitative estimate of drug-likeness (QED) is 0.301. The molecule has 0 aromatic heterocycles. The number of benzene rings is 3. The number of halogens is 1. The normalized spacial score (nSPS) is 14.2. The van der Waals surface area contributed by atoms with Gasteiger partial charge in [0.1, 0.15) is 11.5 Å². The van der Waals surface area contributed by atoms with Crippen LogP contribution in [0.3, 0.4) is 0 Å². The lowest BCUT2D eigenvalue weighted by atomic mass is 10.1. The molecule has 0 radical (unpaired) electrons. The molecule has 0 aliphatic carbocycles. The predicted molar refractivity (Wildman–Crippen MR) is 135 cm³/mol. The van der Waals surface area contributed by atoms with E-state index in [2.05, 4.69) is 5.32 Å². The van der Waals surface area contributed by atoms with Crippen molar-refractivity contribution in [2.24, 2.45) is 5.73 Å². The third-order valence-corrected chi connectivity index (χ3v) is 6.68. The van der Waals surface area contributed by atoms with Gasteiger partial charge in [-0.05, 0) is 49.4 Å². The lowest BCUT2D eigenvalue weighted by molar-refractivity contribution is -0.112. The van der Waals surface area contributed by atoms with Crippen molar-refractivity contribution in [3.05, 3.63) is 102 Å². The fourth-order valence-electron chi connectivity index (χ4n) is 3.23. The molecule has 1 unspecified atom stereocenters. The standard InChI is InChI=1S/C24H20FN3O2S.C2H6/c1-16-6-12-19(13-7-16)28(24-20-4-2-3-5-22(20)31(24)15-29)14-21(26)23(30)27-18-10-8-17(25)9-11-18;1-2/h2-15H,26H2,1H3,(H,27,30);1-2H3/b21-14-;. The molecule has 0 saturated heterocycles. The number of nitrogens with one attached hydrogen (secondary N) is 1. The molecule has 1 heterocycles. The second-order valence-electron chi connectivity index (χ2n) is 6.99. The van der Waals surface area contributed by atoms with Gasteiger partial charge in [-0.15, -0.1) is 0 Å². The van der Waals surface area contributed by atoms with Crippen LogP contribution in [0, 0.1) is 12.7 Å². The molecule has 7 heteroatoms. The van der Waals surface area contributed by atoms with Gasteiger partial charge in [-0.2, -0.15) is 0 Å². The fourth-order valence-corrected chi connectivity index (χ4v) is 4.90. The van der Waals surface area contributed by atoms with Crippen molar-refractivity contribution in [1.29, 1.82) is 0 Å². The van der Waals surface area contributed by atoms with Crippen LogP contribution in [0.25, 0.3) is 0 Å². The van der Waals surface area contributed by atoms with Crippen molar-refractivity contribution in [3.8, 4) is 0 Å². The Morgan fingerprint density at radius 2 is 1.64 bits per heavy atom. The van der Waals surface area contributed by atoms with Gasteiger partial charge in [0.05, 0.1) is 4.99 Å². The second-order valence-corrected chi connectivity index (χ2v) is 8.68. The van der Waals surface area contributed by atoms with Crippen molar-refractivity contribution >= 4 is 38.4 Å². The SMILES string of the molecule is CC.Cc1ccc(N(/C=C(\N)C(=O)Nc2ccc(F)cc2)C2=S(C=O)c3ccccc32)cc1. The molecule has 3 N–H and O–H groups in total. The molecule has 5 nitrogen and oxygen atoms in total. The largest absolute Gasteiger partial charge is 0.393 e. The van der Waals surface area contributed by atoms with Gasteiger partial charge in [0.25, 0.3) is 5.91 Å². The molecule has 170 valence electrons. The van der Waals surface area contributed by atoms with Gasteiger partial charge < -0.3 is 16.0 Å². The first-order chi connectivity index (χ1) is 16.0. The maximum Gasteiger partial charge on any atom is 0.273 e. The summed E-state index contributed by atoms with van der Waals surface area (Å²) in [7, 11) is -0.734. The number of amides is 1. The number of fused-ring (bicyclic) bond motifs is 1. The van der Waals surface area contributed by atoms with E-state index in [1.807, 2.05) is 69.3 Å². The van der Waals surface area contributed by atoms with Crippen molar-refractivity contribution in [3.63, 3.8) is 0 Å². The Bertz CT molecular complexity index is 1220. The maximum atomic E-state index is 13.1. The molecule has 33 heavy (non-hydrogen) atoms. The summed E-state index contributed by atoms with van der Waals surface area (Å²) < 4.78 is 13.1. The monoisotopic (exact) mass is 463 g/mol. The van der Waals surface area contributed by atoms with Crippen LogP contribution in [-0.4, -0.2) is 16.5 Å². The summed E-state index contributed by atoms with van der Waals surface area (Å²) in [6.45, 7) is 5.98. The van der Waals surface area contributed by atoms with E-state index in [0.717, 1.165) is 32.3 Å². The second kappa shape index (κ2) is 10.7. The topological polar surface area (TPSA) is 75.4 Å². The van der Waals surface area contributed by atoms with Crippen molar-refractivity contribution in [2.45, 2.75) is 25.7 Å². The van der Waals surface area contributed by atoms with Crippen LogP contribution < -0.4 is 16.0 Å². The van der Waals surface area contributed by atoms with E-state index in [1.165, 1.54) is 30.5 Å². The fraction of sp³-hybridized carbons (Fsp3) is 0.115. The third kappa shape index (κ3) is 5.21. The van der Waals surface area contributed by atoms with E-state index in [1.54, 1.807) is 4.90 Å². The average Bonchev–Trinajstić information content (AvgIpc) is 2.83. The Hall–Kier alpha value is -3.71. The van der Waals surface area contributed by atoms with E-state index in [0.29, 0.717) is 5.69 Å². The van der Waals surface area contributed by atoms with Crippen molar-refractivity contribution in [1.82, 2.24) is 0 Å². The summed E-state index contributed by atoms with van der Waals surface area (Å²) in [5, 5.41) is 2.65. The molecular formula is C26H26FN3O2S. The summed E-state index contributed by atoms with van der Waals surface area (Å²) >= 11 is 0. The highest BCUT2D eigenvalue weighted by Crippen LogP contribution is 2.43. The van der Waals surface area contributed by atoms with Gasteiger partial charge in [-0.1, -0.05) is 60.2 Å². The molecule has 0 fully saturated rings. The van der Waals surface area contributed by atoms with Crippen molar-refractivity contribution in [2.75, 3.05) is 10.2 Å². The zero-order valence-electron chi connectivity index (χ0n) is 18.7. The van der Waals surface area contributed by atoms with E-state index >= 15 is 0 Å². The first-order valence-electron chi connectivity index (χ1n) is 10.5. The molecule has 0 saturated carbocycles. The van der Waals surface area contributed by atoms with E-state index in [-0.39, 0.29) is 5.70 Å². The predicted octanol–water partition coefficient (Wildman–Crippen LogP) is 5.42. The summed E-state index contributed by atoms with van der Waals surface area (Å²) in [5.74, 6) is -0.920. The lowest BCUT2D eigenvalue weighted by Gasteiger charge is -2.33.